The average molecular weight is 391 g/mol. The van der Waals surface area contributed by atoms with Gasteiger partial charge in [0.05, 0.1) is 16.2 Å². The molecule has 1 atom stereocenters. The zero-order chi connectivity index (χ0) is 19.6. The molecule has 2 aromatic heterocycles. The number of hydroxylamine groups is 1. The molecule has 0 aliphatic carbocycles. The van der Waals surface area contributed by atoms with Gasteiger partial charge in [-0.05, 0) is 45.3 Å². The number of H-pyrrole nitrogens is 1. The van der Waals surface area contributed by atoms with Gasteiger partial charge in [-0.2, -0.15) is 0 Å². The van der Waals surface area contributed by atoms with Crippen molar-refractivity contribution in [3.8, 4) is 0 Å². The van der Waals surface area contributed by atoms with Crippen LogP contribution in [0.2, 0.25) is 5.02 Å². The summed E-state index contributed by atoms with van der Waals surface area (Å²) in [7, 11) is 4.01. The molecule has 9 heteroatoms. The normalized spacial score (nSPS) is 13.4. The molecule has 1 aromatic carbocycles. The van der Waals surface area contributed by atoms with Gasteiger partial charge in [-0.1, -0.05) is 11.6 Å². The van der Waals surface area contributed by atoms with E-state index >= 15 is 0 Å². The summed E-state index contributed by atoms with van der Waals surface area (Å²) in [6.45, 7) is 2.10. The van der Waals surface area contributed by atoms with Crippen molar-refractivity contribution in [1.29, 1.82) is 0 Å². The summed E-state index contributed by atoms with van der Waals surface area (Å²) < 4.78 is 13.3. The predicted molar refractivity (Wildman–Crippen MR) is 103 cm³/mol. The number of hydrogen-bond acceptors (Lipinski definition) is 5. The van der Waals surface area contributed by atoms with Gasteiger partial charge >= 0.3 is 0 Å². The van der Waals surface area contributed by atoms with Crippen LogP contribution < -0.4 is 5.48 Å². The number of halogens is 2. The van der Waals surface area contributed by atoms with Crippen LogP contribution in [-0.2, 0) is 6.42 Å². The summed E-state index contributed by atoms with van der Waals surface area (Å²) in [5.41, 5.74) is 4.23. The number of aromatic nitrogens is 3. The molecule has 0 spiro atoms. The van der Waals surface area contributed by atoms with E-state index in [1.807, 2.05) is 14.1 Å². The molecule has 0 amide bonds. The van der Waals surface area contributed by atoms with Crippen LogP contribution in [0.3, 0.4) is 0 Å². The Morgan fingerprint density at radius 2 is 2.19 bits per heavy atom. The van der Waals surface area contributed by atoms with Crippen molar-refractivity contribution in [3.05, 3.63) is 52.7 Å². The first-order valence-electron chi connectivity index (χ1n) is 8.33. The summed E-state index contributed by atoms with van der Waals surface area (Å²) in [5, 5.41) is 9.55. The topological polar surface area (TPSA) is 89.4 Å². The molecular weight excluding hydrogens is 371 g/mol. The maximum Gasteiger partial charge on any atom is 0.178 e. The Balaban J connectivity index is 2.01. The lowest BCUT2D eigenvalue weighted by Gasteiger charge is -2.17. The molecule has 0 aliphatic heterocycles. The number of fused-ring (bicyclic) bond motifs is 1. The Kier molecular flexibility index (Phi) is 5.69. The van der Waals surface area contributed by atoms with Crippen molar-refractivity contribution in [2.45, 2.75) is 19.4 Å². The standard InChI is InChI=1S/C18H20ClFN6O/c1-10(26(2)3)8-15-23-16-12(6-7-21-18(16)24-15)17(25-27)22-11-4-5-14(20)13(19)9-11/h4-7,9-10,27H,8H2,1-3H3,(H,22,25)(H,21,23,24). The second-order valence-corrected chi connectivity index (χ2v) is 6.84. The molecule has 0 bridgehead atoms. The fourth-order valence-electron chi connectivity index (χ4n) is 2.54. The quantitative estimate of drug-likeness (QED) is 0.353. The molecule has 3 rings (SSSR count). The van der Waals surface area contributed by atoms with Crippen LogP contribution in [0, 0.1) is 5.82 Å². The predicted octanol–water partition coefficient (Wildman–Crippen LogP) is 3.30. The minimum Gasteiger partial charge on any atom is -0.340 e. The molecule has 7 nitrogen and oxygen atoms in total. The number of hydrogen-bond donors (Lipinski definition) is 3. The molecule has 0 aliphatic rings. The van der Waals surface area contributed by atoms with Gasteiger partial charge in [0.15, 0.2) is 11.5 Å². The molecule has 2 heterocycles. The van der Waals surface area contributed by atoms with Crippen molar-refractivity contribution >= 4 is 34.3 Å². The van der Waals surface area contributed by atoms with Gasteiger partial charge in [-0.15, -0.1) is 0 Å². The monoisotopic (exact) mass is 390 g/mol. The van der Waals surface area contributed by atoms with Gasteiger partial charge in [0.2, 0.25) is 0 Å². The molecule has 0 radical (unpaired) electrons. The van der Waals surface area contributed by atoms with Gasteiger partial charge in [-0.3, -0.25) is 10.7 Å². The lowest BCUT2D eigenvalue weighted by atomic mass is 10.2. The molecule has 0 fully saturated rings. The van der Waals surface area contributed by atoms with Gasteiger partial charge in [0.1, 0.15) is 11.6 Å². The molecular formula is C18H20ClFN6O. The second kappa shape index (κ2) is 7.99. The third-order valence-electron chi connectivity index (χ3n) is 4.32. The molecule has 0 saturated carbocycles. The number of aromatic amines is 1. The maximum atomic E-state index is 13.3. The average Bonchev–Trinajstić information content (AvgIpc) is 3.05. The first kappa shape index (κ1) is 19.2. The first-order valence-corrected chi connectivity index (χ1v) is 8.71. The highest BCUT2D eigenvalue weighted by Gasteiger charge is 2.15. The van der Waals surface area contributed by atoms with E-state index in [1.165, 1.54) is 18.2 Å². The largest absolute Gasteiger partial charge is 0.340 e. The third kappa shape index (κ3) is 4.24. The number of rotatable bonds is 5. The minimum absolute atomic E-state index is 0.0464. The van der Waals surface area contributed by atoms with Crippen molar-refractivity contribution in [2.75, 3.05) is 14.1 Å². The van der Waals surface area contributed by atoms with Crippen LogP contribution in [-0.4, -0.2) is 51.0 Å². The zero-order valence-corrected chi connectivity index (χ0v) is 15.9. The Hall–Kier alpha value is -2.55. The van der Waals surface area contributed by atoms with Gasteiger partial charge < -0.3 is 9.88 Å². The number of likely N-dealkylation sites (N-methyl/N-ethyl adjacent to an activating group) is 1. The zero-order valence-electron chi connectivity index (χ0n) is 15.2. The molecule has 142 valence electrons. The number of benzene rings is 1. The van der Waals surface area contributed by atoms with E-state index in [-0.39, 0.29) is 10.9 Å². The highest BCUT2D eigenvalue weighted by molar-refractivity contribution is 6.31. The van der Waals surface area contributed by atoms with E-state index in [2.05, 4.69) is 37.2 Å². The number of nitrogens with zero attached hydrogens (tertiary/aromatic N) is 4. The van der Waals surface area contributed by atoms with Crippen LogP contribution in [0.4, 0.5) is 10.1 Å². The van der Waals surface area contributed by atoms with Crippen LogP contribution in [0.15, 0.2) is 35.5 Å². The van der Waals surface area contributed by atoms with E-state index in [0.717, 1.165) is 12.2 Å². The lowest BCUT2D eigenvalue weighted by Crippen LogP contribution is -2.27. The van der Waals surface area contributed by atoms with Crippen LogP contribution in [0.1, 0.15) is 18.3 Å². The summed E-state index contributed by atoms with van der Waals surface area (Å²) in [6, 6.07) is 6.06. The molecule has 3 aromatic rings. The van der Waals surface area contributed by atoms with Crippen LogP contribution in [0.25, 0.3) is 11.2 Å². The van der Waals surface area contributed by atoms with Crippen molar-refractivity contribution in [3.63, 3.8) is 0 Å². The van der Waals surface area contributed by atoms with E-state index in [1.54, 1.807) is 12.3 Å². The fraction of sp³-hybridized carbons (Fsp3) is 0.278. The van der Waals surface area contributed by atoms with Gasteiger partial charge in [0.25, 0.3) is 0 Å². The van der Waals surface area contributed by atoms with Gasteiger partial charge in [0, 0.05) is 24.2 Å². The summed E-state index contributed by atoms with van der Waals surface area (Å²) in [4.78, 5) is 18.5. The molecule has 0 saturated heterocycles. The minimum atomic E-state index is -0.534. The number of amidine groups is 1. The molecule has 27 heavy (non-hydrogen) atoms. The van der Waals surface area contributed by atoms with Crippen molar-refractivity contribution < 1.29 is 9.60 Å². The molecule has 3 N–H and O–H groups in total. The third-order valence-corrected chi connectivity index (χ3v) is 4.61. The number of imidazole rings is 1. The van der Waals surface area contributed by atoms with Gasteiger partial charge in [-0.25, -0.2) is 19.4 Å². The van der Waals surface area contributed by atoms with E-state index in [4.69, 9.17) is 11.6 Å². The lowest BCUT2D eigenvalue weighted by molar-refractivity contribution is 0.235. The fourth-order valence-corrected chi connectivity index (χ4v) is 2.72. The van der Waals surface area contributed by atoms with Crippen LogP contribution in [0.5, 0.6) is 0 Å². The summed E-state index contributed by atoms with van der Waals surface area (Å²) in [6.07, 6.45) is 2.30. The maximum absolute atomic E-state index is 13.3. The summed E-state index contributed by atoms with van der Waals surface area (Å²) in [5.74, 6) is 0.419. The Bertz CT molecular complexity index is 987. The Morgan fingerprint density at radius 1 is 1.41 bits per heavy atom. The van der Waals surface area contributed by atoms with E-state index in [0.29, 0.717) is 28.5 Å². The second-order valence-electron chi connectivity index (χ2n) is 6.43. The smallest absolute Gasteiger partial charge is 0.178 e. The molecule has 1 unspecified atom stereocenters. The number of aliphatic imine (C=N–C) groups is 1. The number of nitrogens with one attached hydrogen (secondary N) is 2. The number of pyridine rings is 1. The SMILES string of the molecule is CC(Cc1nc2nccc(C(=Nc3ccc(F)c(Cl)c3)NO)c2[nH]1)N(C)C. The Labute approximate surface area is 160 Å². The van der Waals surface area contributed by atoms with Crippen molar-refractivity contribution in [2.24, 2.45) is 4.99 Å². The van der Waals surface area contributed by atoms with E-state index < -0.39 is 5.82 Å². The van der Waals surface area contributed by atoms with Crippen LogP contribution >= 0.6 is 11.6 Å². The highest BCUT2D eigenvalue weighted by Crippen LogP contribution is 2.23. The first-order chi connectivity index (χ1) is 12.9. The summed E-state index contributed by atoms with van der Waals surface area (Å²) >= 11 is 5.80. The van der Waals surface area contributed by atoms with Crippen molar-refractivity contribution in [1.82, 2.24) is 25.3 Å². The van der Waals surface area contributed by atoms with E-state index in [9.17, 15) is 9.60 Å². The Morgan fingerprint density at radius 3 is 2.85 bits per heavy atom. The highest BCUT2D eigenvalue weighted by atomic mass is 35.5.